The van der Waals surface area contributed by atoms with Gasteiger partial charge in [-0.2, -0.15) is 0 Å². The molecule has 0 radical (unpaired) electrons. The normalized spacial score (nSPS) is 16.1. The SMILES string of the molecule is COc1ccc2c(c1S(=O)(=O)Cl)CCCCC2. The Balaban J connectivity index is 2.68. The summed E-state index contributed by atoms with van der Waals surface area (Å²) in [6, 6.07) is 3.64. The lowest BCUT2D eigenvalue weighted by Gasteiger charge is -2.13. The van der Waals surface area contributed by atoms with E-state index in [1.54, 1.807) is 6.07 Å². The van der Waals surface area contributed by atoms with Crippen molar-refractivity contribution >= 4 is 19.7 Å². The van der Waals surface area contributed by atoms with Gasteiger partial charge in [0.05, 0.1) is 7.11 Å². The lowest BCUT2D eigenvalue weighted by atomic mass is 10.0. The lowest BCUT2D eigenvalue weighted by molar-refractivity contribution is 0.401. The molecule has 0 heterocycles. The molecule has 0 amide bonds. The molecular formula is C12H15ClO3S. The monoisotopic (exact) mass is 274 g/mol. The average molecular weight is 275 g/mol. The van der Waals surface area contributed by atoms with Crippen molar-refractivity contribution in [1.29, 1.82) is 0 Å². The zero-order valence-corrected chi connectivity index (χ0v) is 11.3. The maximum Gasteiger partial charge on any atom is 0.265 e. The number of benzene rings is 1. The van der Waals surface area contributed by atoms with E-state index >= 15 is 0 Å². The minimum absolute atomic E-state index is 0.168. The topological polar surface area (TPSA) is 43.4 Å². The van der Waals surface area contributed by atoms with E-state index in [4.69, 9.17) is 15.4 Å². The fourth-order valence-electron chi connectivity index (χ4n) is 2.38. The van der Waals surface area contributed by atoms with Gasteiger partial charge < -0.3 is 4.74 Å². The van der Waals surface area contributed by atoms with E-state index in [9.17, 15) is 8.42 Å². The van der Waals surface area contributed by atoms with Crippen molar-refractivity contribution in [3.63, 3.8) is 0 Å². The quantitative estimate of drug-likeness (QED) is 0.615. The van der Waals surface area contributed by atoms with Crippen molar-refractivity contribution in [3.8, 4) is 5.75 Å². The summed E-state index contributed by atoms with van der Waals surface area (Å²) in [5, 5.41) is 0. The molecule has 5 heteroatoms. The molecule has 0 bridgehead atoms. The van der Waals surface area contributed by atoms with Gasteiger partial charge in [-0.3, -0.25) is 0 Å². The standard InChI is InChI=1S/C12H15ClO3S/c1-16-11-8-7-9-5-3-2-4-6-10(9)12(11)17(13,14)15/h7-8H,2-6H2,1H3. The van der Waals surface area contributed by atoms with Gasteiger partial charge in [0.1, 0.15) is 10.6 Å². The van der Waals surface area contributed by atoms with Gasteiger partial charge in [0.2, 0.25) is 0 Å². The van der Waals surface area contributed by atoms with E-state index in [1.807, 2.05) is 6.07 Å². The summed E-state index contributed by atoms with van der Waals surface area (Å²) in [5.74, 6) is 0.348. The predicted octanol–water partition coefficient (Wildman–Crippen LogP) is 2.89. The van der Waals surface area contributed by atoms with Crippen molar-refractivity contribution in [2.75, 3.05) is 7.11 Å². The second kappa shape index (κ2) is 4.86. The largest absolute Gasteiger partial charge is 0.495 e. The smallest absolute Gasteiger partial charge is 0.265 e. The first-order valence-electron chi connectivity index (χ1n) is 5.67. The molecule has 0 atom stereocenters. The molecule has 3 nitrogen and oxygen atoms in total. The van der Waals surface area contributed by atoms with Crippen molar-refractivity contribution in [2.45, 2.75) is 37.0 Å². The first-order valence-corrected chi connectivity index (χ1v) is 7.98. The van der Waals surface area contributed by atoms with E-state index in [1.165, 1.54) is 7.11 Å². The van der Waals surface area contributed by atoms with Crippen molar-refractivity contribution < 1.29 is 13.2 Å². The van der Waals surface area contributed by atoms with Gasteiger partial charge in [0.15, 0.2) is 0 Å². The van der Waals surface area contributed by atoms with Crippen LogP contribution in [0.25, 0.3) is 0 Å². The van der Waals surface area contributed by atoms with Gasteiger partial charge in [-0.25, -0.2) is 8.42 Å². The number of hydrogen-bond acceptors (Lipinski definition) is 3. The number of halogens is 1. The second-order valence-electron chi connectivity index (χ2n) is 4.23. The van der Waals surface area contributed by atoms with Gasteiger partial charge in [-0.05, 0) is 42.9 Å². The number of aryl methyl sites for hydroxylation is 1. The average Bonchev–Trinajstić information content (AvgIpc) is 2.50. The van der Waals surface area contributed by atoms with Gasteiger partial charge in [0, 0.05) is 10.7 Å². The number of methoxy groups -OCH3 is 1. The first-order chi connectivity index (χ1) is 8.04. The van der Waals surface area contributed by atoms with E-state index in [2.05, 4.69) is 0 Å². The van der Waals surface area contributed by atoms with Crippen molar-refractivity contribution in [3.05, 3.63) is 23.3 Å². The molecule has 1 aliphatic carbocycles. The fraction of sp³-hybridized carbons (Fsp3) is 0.500. The molecule has 1 aromatic rings. The van der Waals surface area contributed by atoms with Crippen LogP contribution in [-0.4, -0.2) is 15.5 Å². The minimum atomic E-state index is -3.76. The summed E-state index contributed by atoms with van der Waals surface area (Å²) in [5.41, 5.74) is 1.93. The molecule has 0 spiro atoms. The highest BCUT2D eigenvalue weighted by atomic mass is 35.7. The third kappa shape index (κ3) is 2.58. The number of hydrogen-bond donors (Lipinski definition) is 0. The Hall–Kier alpha value is -0.740. The minimum Gasteiger partial charge on any atom is -0.495 e. The molecule has 0 fully saturated rings. The summed E-state index contributed by atoms with van der Waals surface area (Å²) < 4.78 is 28.5. The van der Waals surface area contributed by atoms with E-state index in [0.717, 1.165) is 43.2 Å². The Kier molecular flexibility index (Phi) is 3.64. The highest BCUT2D eigenvalue weighted by Gasteiger charge is 2.24. The summed E-state index contributed by atoms with van der Waals surface area (Å²) in [4.78, 5) is 0.168. The van der Waals surface area contributed by atoms with Crippen molar-refractivity contribution in [1.82, 2.24) is 0 Å². The third-order valence-corrected chi connectivity index (χ3v) is 4.56. The molecule has 17 heavy (non-hydrogen) atoms. The van der Waals surface area contributed by atoms with Crippen LogP contribution in [0.5, 0.6) is 5.75 Å². The van der Waals surface area contributed by atoms with E-state index < -0.39 is 9.05 Å². The molecule has 1 aliphatic rings. The van der Waals surface area contributed by atoms with Gasteiger partial charge >= 0.3 is 0 Å². The Morgan fingerprint density at radius 3 is 2.53 bits per heavy atom. The summed E-state index contributed by atoms with van der Waals surface area (Å²) in [7, 11) is 3.23. The Labute approximate surface area is 106 Å². The maximum atomic E-state index is 11.7. The molecule has 0 N–H and O–H groups in total. The second-order valence-corrected chi connectivity index (χ2v) is 6.74. The lowest BCUT2D eigenvalue weighted by Crippen LogP contribution is -2.04. The van der Waals surface area contributed by atoms with Gasteiger partial charge in [0.25, 0.3) is 9.05 Å². The van der Waals surface area contributed by atoms with Crippen LogP contribution >= 0.6 is 10.7 Å². The molecule has 0 aliphatic heterocycles. The van der Waals surface area contributed by atoms with Crippen LogP contribution < -0.4 is 4.74 Å². The summed E-state index contributed by atoms with van der Waals surface area (Å²) >= 11 is 0. The molecule has 0 saturated heterocycles. The molecule has 2 rings (SSSR count). The van der Waals surface area contributed by atoms with Gasteiger partial charge in [-0.1, -0.05) is 12.5 Å². The number of fused-ring (bicyclic) bond motifs is 1. The van der Waals surface area contributed by atoms with Crippen LogP contribution in [0.4, 0.5) is 0 Å². The zero-order valence-electron chi connectivity index (χ0n) is 9.70. The van der Waals surface area contributed by atoms with Crippen LogP contribution in [-0.2, 0) is 21.9 Å². The molecule has 0 saturated carbocycles. The fourth-order valence-corrected chi connectivity index (χ4v) is 3.80. The summed E-state index contributed by atoms with van der Waals surface area (Å²) in [6.45, 7) is 0. The van der Waals surface area contributed by atoms with E-state index in [-0.39, 0.29) is 4.90 Å². The Bertz CT molecular complexity index is 523. The Morgan fingerprint density at radius 2 is 1.88 bits per heavy atom. The number of rotatable bonds is 2. The van der Waals surface area contributed by atoms with Crippen LogP contribution in [0.15, 0.2) is 17.0 Å². The third-order valence-electron chi connectivity index (χ3n) is 3.16. The maximum absolute atomic E-state index is 11.7. The number of ether oxygens (including phenoxy) is 1. The molecular weight excluding hydrogens is 260 g/mol. The molecule has 0 unspecified atom stereocenters. The molecule has 94 valence electrons. The first kappa shape index (κ1) is 12.7. The highest BCUT2D eigenvalue weighted by Crippen LogP contribution is 2.35. The van der Waals surface area contributed by atoms with E-state index in [0.29, 0.717) is 5.75 Å². The Morgan fingerprint density at radius 1 is 1.18 bits per heavy atom. The van der Waals surface area contributed by atoms with Crippen LogP contribution in [0, 0.1) is 0 Å². The van der Waals surface area contributed by atoms with Crippen LogP contribution in [0.1, 0.15) is 30.4 Å². The van der Waals surface area contributed by atoms with Crippen LogP contribution in [0.3, 0.4) is 0 Å². The zero-order chi connectivity index (χ0) is 12.5. The molecule has 0 aromatic heterocycles. The molecule has 1 aromatic carbocycles. The highest BCUT2D eigenvalue weighted by molar-refractivity contribution is 8.13. The summed E-state index contributed by atoms with van der Waals surface area (Å²) in [6.07, 6.45) is 4.89. The van der Waals surface area contributed by atoms with Crippen molar-refractivity contribution in [2.24, 2.45) is 0 Å². The predicted molar refractivity (Wildman–Crippen MR) is 67.3 cm³/mol. The van der Waals surface area contributed by atoms with Gasteiger partial charge in [-0.15, -0.1) is 0 Å². The van der Waals surface area contributed by atoms with Crippen LogP contribution in [0.2, 0.25) is 0 Å².